The first-order valence-electron chi connectivity index (χ1n) is 7.73. The zero-order valence-electron chi connectivity index (χ0n) is 13.4. The highest BCUT2D eigenvalue weighted by Crippen LogP contribution is 2.34. The molecule has 0 unspecified atom stereocenters. The number of rotatable bonds is 5. The van der Waals surface area contributed by atoms with E-state index in [-0.39, 0.29) is 17.3 Å². The van der Waals surface area contributed by atoms with Crippen molar-refractivity contribution in [3.05, 3.63) is 48.0 Å². The quantitative estimate of drug-likeness (QED) is 0.886. The summed E-state index contributed by atoms with van der Waals surface area (Å²) in [5.74, 6) is -0.308. The Morgan fingerprint density at radius 1 is 1.29 bits per heavy atom. The molecular weight excluding hydrogens is 333 g/mol. The van der Waals surface area contributed by atoms with Crippen LogP contribution in [0.15, 0.2) is 41.6 Å². The largest absolute Gasteiger partial charge is 0.381 e. The van der Waals surface area contributed by atoms with Crippen molar-refractivity contribution in [2.24, 2.45) is 7.05 Å². The van der Waals surface area contributed by atoms with Crippen molar-refractivity contribution in [2.75, 3.05) is 19.8 Å². The second-order valence-corrected chi connectivity index (χ2v) is 7.84. The summed E-state index contributed by atoms with van der Waals surface area (Å²) in [4.78, 5) is 0.131. The van der Waals surface area contributed by atoms with Crippen LogP contribution in [0.3, 0.4) is 0 Å². The second-order valence-electron chi connectivity index (χ2n) is 6.07. The van der Waals surface area contributed by atoms with Crippen LogP contribution >= 0.6 is 0 Å². The second kappa shape index (κ2) is 6.62. The molecule has 1 aromatic heterocycles. The zero-order valence-corrected chi connectivity index (χ0v) is 14.2. The fourth-order valence-electron chi connectivity index (χ4n) is 2.99. The van der Waals surface area contributed by atoms with Crippen molar-refractivity contribution >= 4 is 10.0 Å². The Kier molecular flexibility index (Phi) is 4.71. The molecule has 0 aliphatic carbocycles. The molecule has 2 aromatic rings. The maximum atomic E-state index is 13.2. The molecule has 6 nitrogen and oxygen atoms in total. The molecule has 0 bridgehead atoms. The zero-order chi connectivity index (χ0) is 17.2. The Balaban J connectivity index is 1.84. The molecule has 0 spiro atoms. The van der Waals surface area contributed by atoms with Gasteiger partial charge in [0.2, 0.25) is 10.0 Å². The van der Waals surface area contributed by atoms with Crippen LogP contribution in [0.1, 0.15) is 18.4 Å². The summed E-state index contributed by atoms with van der Waals surface area (Å²) < 4.78 is 47.7. The fraction of sp³-hybridized carbons (Fsp3) is 0.438. The SMILES string of the molecule is Cn1cc(S(=O)(=O)NCC2(c3ccc(F)cc3)CCOCC2)cn1. The van der Waals surface area contributed by atoms with Crippen LogP contribution in [0.2, 0.25) is 0 Å². The number of aryl methyl sites for hydroxylation is 1. The molecule has 2 heterocycles. The predicted octanol–water partition coefficient (Wildman–Crippen LogP) is 1.59. The first-order valence-corrected chi connectivity index (χ1v) is 9.22. The van der Waals surface area contributed by atoms with E-state index in [9.17, 15) is 12.8 Å². The van der Waals surface area contributed by atoms with Crippen molar-refractivity contribution in [1.29, 1.82) is 0 Å². The highest BCUT2D eigenvalue weighted by Gasteiger charge is 2.36. The molecule has 0 atom stereocenters. The van der Waals surface area contributed by atoms with Crippen LogP contribution in [0.4, 0.5) is 4.39 Å². The smallest absolute Gasteiger partial charge is 0.243 e. The maximum Gasteiger partial charge on any atom is 0.243 e. The molecule has 0 saturated carbocycles. The number of hydrogen-bond acceptors (Lipinski definition) is 4. The standard InChI is InChI=1S/C16H20FN3O3S/c1-20-11-15(10-18-20)24(21,22)19-12-16(6-8-23-9-7-16)13-2-4-14(17)5-3-13/h2-5,10-11,19H,6-9,12H2,1H3. The molecule has 1 saturated heterocycles. The number of ether oxygens (including phenoxy) is 1. The lowest BCUT2D eigenvalue weighted by Gasteiger charge is -2.37. The Labute approximate surface area is 140 Å². The molecule has 0 radical (unpaired) electrons. The third-order valence-electron chi connectivity index (χ3n) is 4.50. The van der Waals surface area contributed by atoms with Crippen LogP contribution < -0.4 is 4.72 Å². The summed E-state index contributed by atoms with van der Waals surface area (Å²) in [5.41, 5.74) is 0.516. The van der Waals surface area contributed by atoms with Gasteiger partial charge >= 0.3 is 0 Å². The summed E-state index contributed by atoms with van der Waals surface area (Å²) in [7, 11) is -1.98. The van der Waals surface area contributed by atoms with Gasteiger partial charge < -0.3 is 4.74 Å². The molecule has 1 aliphatic rings. The molecule has 1 aliphatic heterocycles. The van der Waals surface area contributed by atoms with Crippen LogP contribution in [-0.2, 0) is 27.2 Å². The third kappa shape index (κ3) is 3.50. The van der Waals surface area contributed by atoms with Gasteiger partial charge in [0.15, 0.2) is 0 Å². The van der Waals surface area contributed by atoms with Crippen molar-refractivity contribution in [3.63, 3.8) is 0 Å². The number of benzene rings is 1. The van der Waals surface area contributed by atoms with E-state index >= 15 is 0 Å². The van der Waals surface area contributed by atoms with E-state index in [1.165, 1.54) is 29.2 Å². The monoisotopic (exact) mass is 353 g/mol. The van der Waals surface area contributed by atoms with Gasteiger partial charge in [-0.15, -0.1) is 0 Å². The van der Waals surface area contributed by atoms with Gasteiger partial charge in [0, 0.05) is 38.4 Å². The van der Waals surface area contributed by atoms with E-state index in [1.807, 2.05) is 0 Å². The molecule has 1 N–H and O–H groups in total. The molecule has 0 amide bonds. The van der Waals surface area contributed by atoms with Crippen molar-refractivity contribution in [3.8, 4) is 0 Å². The number of nitrogens with zero attached hydrogens (tertiary/aromatic N) is 2. The average molecular weight is 353 g/mol. The summed E-state index contributed by atoms with van der Waals surface area (Å²) in [5, 5.41) is 3.90. The minimum absolute atomic E-state index is 0.131. The summed E-state index contributed by atoms with van der Waals surface area (Å²) in [6.45, 7) is 1.33. The Morgan fingerprint density at radius 3 is 2.54 bits per heavy atom. The van der Waals surface area contributed by atoms with Gasteiger partial charge in [-0.2, -0.15) is 5.10 Å². The first kappa shape index (κ1) is 17.1. The van der Waals surface area contributed by atoms with Crippen LogP contribution in [0, 0.1) is 5.82 Å². The van der Waals surface area contributed by atoms with Crippen molar-refractivity contribution in [1.82, 2.24) is 14.5 Å². The number of hydrogen-bond donors (Lipinski definition) is 1. The number of nitrogens with one attached hydrogen (secondary N) is 1. The average Bonchev–Trinajstić information content (AvgIpc) is 3.02. The minimum Gasteiger partial charge on any atom is -0.381 e. The fourth-order valence-corrected chi connectivity index (χ4v) is 4.10. The van der Waals surface area contributed by atoms with Crippen LogP contribution in [0.25, 0.3) is 0 Å². The molecule has 24 heavy (non-hydrogen) atoms. The van der Waals surface area contributed by atoms with E-state index < -0.39 is 15.4 Å². The lowest BCUT2D eigenvalue weighted by Crippen LogP contribution is -2.44. The summed E-state index contributed by atoms with van der Waals surface area (Å²) >= 11 is 0. The number of aromatic nitrogens is 2. The summed E-state index contributed by atoms with van der Waals surface area (Å²) in [6.07, 6.45) is 4.12. The summed E-state index contributed by atoms with van der Waals surface area (Å²) in [6, 6.07) is 6.25. The molecule has 1 fully saturated rings. The van der Waals surface area contributed by atoms with Crippen molar-refractivity contribution in [2.45, 2.75) is 23.2 Å². The lowest BCUT2D eigenvalue weighted by molar-refractivity contribution is 0.0517. The highest BCUT2D eigenvalue weighted by atomic mass is 32.2. The molecule has 1 aromatic carbocycles. The third-order valence-corrected chi connectivity index (χ3v) is 5.85. The topological polar surface area (TPSA) is 73.2 Å². The normalized spacial score (nSPS) is 17.8. The van der Waals surface area contributed by atoms with Gasteiger partial charge in [-0.3, -0.25) is 4.68 Å². The number of halogens is 1. The molecule has 8 heteroatoms. The maximum absolute atomic E-state index is 13.2. The first-order chi connectivity index (χ1) is 11.4. The Morgan fingerprint density at radius 2 is 1.96 bits per heavy atom. The molecular formula is C16H20FN3O3S. The molecule has 3 rings (SSSR count). The Hall–Kier alpha value is -1.77. The Bertz CT molecular complexity index is 796. The number of sulfonamides is 1. The van der Waals surface area contributed by atoms with E-state index in [0.29, 0.717) is 26.1 Å². The van der Waals surface area contributed by atoms with E-state index in [4.69, 9.17) is 4.74 Å². The highest BCUT2D eigenvalue weighted by molar-refractivity contribution is 7.89. The lowest BCUT2D eigenvalue weighted by atomic mass is 9.74. The minimum atomic E-state index is -3.64. The predicted molar refractivity (Wildman–Crippen MR) is 86.5 cm³/mol. The van der Waals surface area contributed by atoms with E-state index in [0.717, 1.165) is 5.56 Å². The van der Waals surface area contributed by atoms with Gasteiger partial charge in [0.1, 0.15) is 10.7 Å². The van der Waals surface area contributed by atoms with E-state index in [2.05, 4.69) is 9.82 Å². The van der Waals surface area contributed by atoms with Crippen LogP contribution in [-0.4, -0.2) is 38.0 Å². The van der Waals surface area contributed by atoms with Crippen LogP contribution in [0.5, 0.6) is 0 Å². The van der Waals surface area contributed by atoms with Gasteiger partial charge in [0.05, 0.1) is 6.20 Å². The van der Waals surface area contributed by atoms with Gasteiger partial charge in [0.25, 0.3) is 0 Å². The molecule has 130 valence electrons. The van der Waals surface area contributed by atoms with E-state index in [1.54, 1.807) is 19.2 Å². The van der Waals surface area contributed by atoms with Crippen molar-refractivity contribution < 1.29 is 17.5 Å². The van der Waals surface area contributed by atoms with Gasteiger partial charge in [-0.1, -0.05) is 12.1 Å². The van der Waals surface area contributed by atoms with Gasteiger partial charge in [-0.25, -0.2) is 17.5 Å². The van der Waals surface area contributed by atoms with Gasteiger partial charge in [-0.05, 0) is 30.5 Å².